The Balaban J connectivity index is 1.06. The Morgan fingerprint density at radius 1 is 0.785 bits per heavy atom. The average molecular weight is 872 g/mol. The normalized spacial score (nSPS) is 17.3. The maximum atomic E-state index is 14.1. The van der Waals surface area contributed by atoms with Crippen molar-refractivity contribution in [2.45, 2.75) is 84.0 Å². The minimum atomic E-state index is -0.916. The number of nitrogens with one attached hydrogen (secondary N) is 3. The van der Waals surface area contributed by atoms with Gasteiger partial charge in [-0.1, -0.05) is 74.2 Å². The zero-order chi connectivity index (χ0) is 45.8. The average Bonchev–Trinajstić information content (AvgIpc) is 4.16. The molecule has 2 fully saturated rings. The topological polar surface area (TPSA) is 158 Å². The Bertz CT molecular complexity index is 2780. The SMILES string of the molecule is CC#Cc1cc(-c2cnc([C@@H]3CCCN3C(=O)[C@H](NC(=O)OC)c3ccccc3)[nH]2)cc(C#CC)c1-c1ccc2c3c(ccc2c1)N=C([C@@H]1CCCN1C(=O)[C@@H](NC(=O)OC)C(C)C)C3. The van der Waals surface area contributed by atoms with Gasteiger partial charge in [0.05, 0.1) is 43.9 Å². The molecule has 0 bridgehead atoms. The van der Waals surface area contributed by atoms with Gasteiger partial charge in [-0.15, -0.1) is 11.8 Å². The number of aromatic amines is 1. The van der Waals surface area contributed by atoms with Crippen LogP contribution in [-0.2, 0) is 25.5 Å². The van der Waals surface area contributed by atoms with E-state index in [1.807, 2.05) is 62.9 Å². The van der Waals surface area contributed by atoms with Crippen LogP contribution in [0.3, 0.4) is 0 Å². The molecule has 13 nitrogen and oxygen atoms in total. The molecule has 13 heteroatoms. The number of fused-ring (bicyclic) bond motifs is 3. The summed E-state index contributed by atoms with van der Waals surface area (Å²) in [4.78, 5) is 69.5. The first-order valence-electron chi connectivity index (χ1n) is 22.1. The van der Waals surface area contributed by atoms with E-state index >= 15 is 0 Å². The van der Waals surface area contributed by atoms with Crippen molar-refractivity contribution < 1.29 is 28.7 Å². The third-order valence-electron chi connectivity index (χ3n) is 12.6. The lowest BCUT2D eigenvalue weighted by atomic mass is 9.89. The number of amides is 4. The van der Waals surface area contributed by atoms with Gasteiger partial charge >= 0.3 is 12.2 Å². The third-order valence-corrected chi connectivity index (χ3v) is 12.6. The van der Waals surface area contributed by atoms with Gasteiger partial charge in [-0.05, 0) is 97.2 Å². The summed E-state index contributed by atoms with van der Waals surface area (Å²) in [6.45, 7) is 8.59. The lowest BCUT2D eigenvalue weighted by Gasteiger charge is -2.30. The summed E-state index contributed by atoms with van der Waals surface area (Å²) < 4.78 is 9.69. The Hall–Kier alpha value is -7.38. The van der Waals surface area contributed by atoms with Crippen LogP contribution in [0.5, 0.6) is 0 Å². The number of carbonyl (C=O) groups excluding carboxylic acids is 4. The van der Waals surface area contributed by atoms with E-state index in [0.29, 0.717) is 37.3 Å². The maximum Gasteiger partial charge on any atom is 0.407 e. The molecular weight excluding hydrogens is 819 g/mol. The summed E-state index contributed by atoms with van der Waals surface area (Å²) in [7, 11) is 2.58. The van der Waals surface area contributed by atoms with E-state index in [0.717, 1.165) is 80.5 Å². The van der Waals surface area contributed by atoms with Gasteiger partial charge < -0.3 is 34.9 Å². The second-order valence-corrected chi connectivity index (χ2v) is 16.9. The lowest BCUT2D eigenvalue weighted by Crippen LogP contribution is -2.53. The zero-order valence-electron chi connectivity index (χ0n) is 37.6. The first-order valence-corrected chi connectivity index (χ1v) is 22.1. The molecule has 0 saturated carbocycles. The van der Waals surface area contributed by atoms with Crippen molar-refractivity contribution in [1.29, 1.82) is 0 Å². The van der Waals surface area contributed by atoms with E-state index in [4.69, 9.17) is 19.5 Å². The van der Waals surface area contributed by atoms with E-state index in [2.05, 4.69) is 81.8 Å². The van der Waals surface area contributed by atoms with Crippen molar-refractivity contribution in [3.63, 3.8) is 0 Å². The van der Waals surface area contributed by atoms with Crippen LogP contribution < -0.4 is 10.6 Å². The molecule has 0 aliphatic carbocycles. The number of ether oxygens (including phenoxy) is 2. The number of H-pyrrole nitrogens is 1. The van der Waals surface area contributed by atoms with E-state index in [1.165, 1.54) is 14.2 Å². The number of carbonyl (C=O) groups is 4. The molecule has 1 aromatic heterocycles. The third kappa shape index (κ3) is 8.92. The molecule has 8 rings (SSSR count). The van der Waals surface area contributed by atoms with Crippen LogP contribution >= 0.6 is 0 Å². The molecule has 3 aliphatic rings. The Morgan fingerprint density at radius 3 is 2.11 bits per heavy atom. The van der Waals surface area contributed by atoms with E-state index < -0.39 is 24.3 Å². The zero-order valence-corrected chi connectivity index (χ0v) is 37.6. The second kappa shape index (κ2) is 19.2. The number of hydrogen-bond donors (Lipinski definition) is 3. The standard InChI is InChI=1S/C52H53N7O6/c1-7-14-34-27-37(42-30-53-48(55-42)44-19-13-25-59(44)50(61)47(57-52(63)65-6)32-16-10-9-11-17-32)28-35(15-8-2)45(34)36-20-22-38-33(26-36)21-23-40-39(38)29-41(54-40)43-18-12-24-58(43)49(60)46(31(3)4)56-51(62)64-5/h9-11,16-17,20-23,26-28,30-31,43-44,46-47H,12-13,18-19,24-25,29H2,1-6H3,(H,53,55)(H,56,62)(H,57,63)/t43-,44-,46-,47+/m0/s1. The number of methoxy groups -OCH3 is 2. The molecule has 65 heavy (non-hydrogen) atoms. The van der Waals surface area contributed by atoms with Gasteiger partial charge in [-0.2, -0.15) is 0 Å². The van der Waals surface area contributed by atoms with Crippen LogP contribution in [0.1, 0.15) is 93.5 Å². The highest BCUT2D eigenvalue weighted by Crippen LogP contribution is 2.40. The minimum absolute atomic E-state index is 0.114. The molecule has 4 atom stereocenters. The summed E-state index contributed by atoms with van der Waals surface area (Å²) in [5, 5.41) is 7.62. The minimum Gasteiger partial charge on any atom is -0.453 e. The van der Waals surface area contributed by atoms with E-state index in [1.54, 1.807) is 11.1 Å². The van der Waals surface area contributed by atoms with Gasteiger partial charge in [0.2, 0.25) is 5.91 Å². The number of imidazole rings is 1. The van der Waals surface area contributed by atoms with Crippen LogP contribution in [0.25, 0.3) is 33.2 Å². The summed E-state index contributed by atoms with van der Waals surface area (Å²) in [6.07, 6.45) is 4.27. The summed E-state index contributed by atoms with van der Waals surface area (Å²) in [5.74, 6) is 13.1. The number of likely N-dealkylation sites (tertiary alicyclic amines) is 2. The summed E-state index contributed by atoms with van der Waals surface area (Å²) >= 11 is 0. The number of rotatable bonds is 10. The number of hydrogen-bond acceptors (Lipinski definition) is 8. The number of nitrogens with zero attached hydrogens (tertiary/aromatic N) is 4. The molecule has 332 valence electrons. The molecule has 3 aliphatic heterocycles. The number of aromatic nitrogens is 2. The fraction of sp³-hybridized carbons (Fsp3) is 0.346. The van der Waals surface area contributed by atoms with Gasteiger partial charge in [-0.3, -0.25) is 14.6 Å². The largest absolute Gasteiger partial charge is 0.453 e. The van der Waals surface area contributed by atoms with Gasteiger partial charge in [0, 0.05) is 47.5 Å². The van der Waals surface area contributed by atoms with E-state index in [9.17, 15) is 19.2 Å². The fourth-order valence-corrected chi connectivity index (χ4v) is 9.47. The highest BCUT2D eigenvalue weighted by molar-refractivity contribution is 6.06. The van der Waals surface area contributed by atoms with Crippen LogP contribution in [0, 0.1) is 29.6 Å². The van der Waals surface area contributed by atoms with Crippen LogP contribution in [0.15, 0.2) is 84.0 Å². The van der Waals surface area contributed by atoms with Crippen molar-refractivity contribution in [2.75, 3.05) is 27.3 Å². The predicted octanol–water partition coefficient (Wildman–Crippen LogP) is 8.40. The lowest BCUT2D eigenvalue weighted by molar-refractivity contribution is -0.135. The molecule has 2 saturated heterocycles. The van der Waals surface area contributed by atoms with Gasteiger partial charge in [0.1, 0.15) is 17.9 Å². The van der Waals surface area contributed by atoms with Gasteiger partial charge in [-0.25, -0.2) is 14.6 Å². The number of benzene rings is 4. The maximum absolute atomic E-state index is 14.1. The van der Waals surface area contributed by atoms with Crippen molar-refractivity contribution in [1.82, 2.24) is 30.4 Å². The molecule has 4 aromatic carbocycles. The summed E-state index contributed by atoms with van der Waals surface area (Å²) in [5.41, 5.74) is 8.81. The van der Waals surface area contributed by atoms with Crippen molar-refractivity contribution in [3.05, 3.63) is 107 Å². The van der Waals surface area contributed by atoms with E-state index in [-0.39, 0.29) is 29.8 Å². The Labute approximate surface area is 379 Å². The van der Waals surface area contributed by atoms with Crippen molar-refractivity contribution >= 4 is 46.2 Å². The molecule has 0 spiro atoms. The highest BCUT2D eigenvalue weighted by Gasteiger charge is 2.40. The predicted molar refractivity (Wildman–Crippen MR) is 250 cm³/mol. The summed E-state index contributed by atoms with van der Waals surface area (Å²) in [6, 6.07) is 21.8. The molecule has 0 radical (unpaired) electrons. The molecule has 4 amide bonds. The smallest absolute Gasteiger partial charge is 0.407 e. The van der Waals surface area contributed by atoms with Crippen LogP contribution in [-0.4, -0.2) is 88.9 Å². The van der Waals surface area contributed by atoms with Crippen molar-refractivity contribution in [2.24, 2.45) is 10.9 Å². The number of aliphatic imine (C=N–C) groups is 1. The van der Waals surface area contributed by atoms with Crippen LogP contribution in [0.4, 0.5) is 15.3 Å². The highest BCUT2D eigenvalue weighted by atomic mass is 16.5. The Morgan fingerprint density at radius 2 is 1.45 bits per heavy atom. The first-order chi connectivity index (χ1) is 31.5. The second-order valence-electron chi connectivity index (χ2n) is 16.9. The monoisotopic (exact) mass is 871 g/mol. The van der Waals surface area contributed by atoms with Crippen molar-refractivity contribution in [3.8, 4) is 46.1 Å². The number of alkyl carbamates (subject to hydrolysis) is 2. The molecule has 5 aromatic rings. The Kier molecular flexibility index (Phi) is 13.0. The quantitative estimate of drug-likeness (QED) is 0.119. The molecule has 4 heterocycles. The van der Waals surface area contributed by atoms with Gasteiger partial charge in [0.15, 0.2) is 0 Å². The van der Waals surface area contributed by atoms with Crippen LogP contribution in [0.2, 0.25) is 0 Å². The van der Waals surface area contributed by atoms with Gasteiger partial charge in [0.25, 0.3) is 5.91 Å². The first kappa shape index (κ1) is 44.2. The molecule has 0 unspecified atom stereocenters. The fourth-order valence-electron chi connectivity index (χ4n) is 9.47. The molecule has 3 N–H and O–H groups in total. The molecular formula is C52H53N7O6.